The first kappa shape index (κ1) is 13.1. The fourth-order valence-electron chi connectivity index (χ4n) is 2.74. The SMILES string of the molecule is Cc1ccccc1C(NC1CCCCC1)C(N)=O. The van der Waals surface area contributed by atoms with E-state index < -0.39 is 0 Å². The zero-order chi connectivity index (χ0) is 13.0. The predicted molar refractivity (Wildman–Crippen MR) is 73.1 cm³/mol. The largest absolute Gasteiger partial charge is 0.368 e. The lowest BCUT2D eigenvalue weighted by atomic mass is 9.93. The maximum absolute atomic E-state index is 11.7. The van der Waals surface area contributed by atoms with Gasteiger partial charge in [0.15, 0.2) is 0 Å². The average molecular weight is 246 g/mol. The van der Waals surface area contributed by atoms with Crippen molar-refractivity contribution in [1.82, 2.24) is 5.32 Å². The third-order valence-electron chi connectivity index (χ3n) is 3.79. The molecule has 0 spiro atoms. The van der Waals surface area contributed by atoms with Gasteiger partial charge in [-0.15, -0.1) is 0 Å². The molecular weight excluding hydrogens is 224 g/mol. The molecule has 1 unspecified atom stereocenters. The van der Waals surface area contributed by atoms with Crippen LogP contribution in [0.15, 0.2) is 24.3 Å². The molecule has 1 aromatic carbocycles. The highest BCUT2D eigenvalue weighted by Crippen LogP contribution is 2.23. The van der Waals surface area contributed by atoms with Crippen LogP contribution in [0.1, 0.15) is 49.3 Å². The second-order valence-corrected chi connectivity index (χ2v) is 5.19. The van der Waals surface area contributed by atoms with Gasteiger partial charge in [0.25, 0.3) is 0 Å². The van der Waals surface area contributed by atoms with Gasteiger partial charge in [-0.05, 0) is 30.9 Å². The van der Waals surface area contributed by atoms with E-state index in [0.29, 0.717) is 6.04 Å². The predicted octanol–water partition coefficient (Wildman–Crippen LogP) is 2.44. The first-order valence-electron chi connectivity index (χ1n) is 6.79. The lowest BCUT2D eigenvalue weighted by Gasteiger charge is -2.27. The highest BCUT2D eigenvalue weighted by Gasteiger charge is 2.23. The molecule has 0 saturated heterocycles. The van der Waals surface area contributed by atoms with Crippen LogP contribution in [-0.2, 0) is 4.79 Å². The van der Waals surface area contributed by atoms with E-state index in [1.54, 1.807) is 0 Å². The third kappa shape index (κ3) is 3.10. The molecular formula is C15H22N2O. The molecule has 0 aliphatic heterocycles. The van der Waals surface area contributed by atoms with Crippen molar-refractivity contribution in [3.05, 3.63) is 35.4 Å². The Morgan fingerprint density at radius 2 is 1.94 bits per heavy atom. The molecule has 1 fully saturated rings. The van der Waals surface area contributed by atoms with Gasteiger partial charge in [0, 0.05) is 6.04 Å². The zero-order valence-electron chi connectivity index (χ0n) is 11.0. The van der Waals surface area contributed by atoms with Gasteiger partial charge in [0.05, 0.1) is 0 Å². The van der Waals surface area contributed by atoms with Gasteiger partial charge in [-0.1, -0.05) is 43.5 Å². The van der Waals surface area contributed by atoms with Gasteiger partial charge in [0.1, 0.15) is 6.04 Å². The van der Waals surface area contributed by atoms with Crippen molar-refractivity contribution < 1.29 is 4.79 Å². The Labute approximate surface area is 109 Å². The fraction of sp³-hybridized carbons (Fsp3) is 0.533. The summed E-state index contributed by atoms with van der Waals surface area (Å²) < 4.78 is 0. The van der Waals surface area contributed by atoms with Gasteiger partial charge >= 0.3 is 0 Å². The van der Waals surface area contributed by atoms with Crippen LogP contribution in [0.5, 0.6) is 0 Å². The normalized spacial score (nSPS) is 18.5. The Morgan fingerprint density at radius 1 is 1.28 bits per heavy atom. The fourth-order valence-corrected chi connectivity index (χ4v) is 2.74. The molecule has 0 bridgehead atoms. The first-order chi connectivity index (χ1) is 8.68. The number of amides is 1. The van der Waals surface area contributed by atoms with Gasteiger partial charge in [-0.25, -0.2) is 0 Å². The number of hydrogen-bond acceptors (Lipinski definition) is 2. The van der Waals surface area contributed by atoms with Crippen molar-refractivity contribution >= 4 is 5.91 Å². The van der Waals surface area contributed by atoms with E-state index in [-0.39, 0.29) is 11.9 Å². The van der Waals surface area contributed by atoms with Crippen LogP contribution >= 0.6 is 0 Å². The highest BCUT2D eigenvalue weighted by atomic mass is 16.1. The van der Waals surface area contributed by atoms with Crippen molar-refractivity contribution in [2.24, 2.45) is 5.73 Å². The minimum atomic E-state index is -0.353. The van der Waals surface area contributed by atoms with E-state index >= 15 is 0 Å². The second kappa shape index (κ2) is 6.01. The molecule has 1 saturated carbocycles. The molecule has 3 heteroatoms. The highest BCUT2D eigenvalue weighted by molar-refractivity contribution is 5.81. The Bertz CT molecular complexity index is 411. The van der Waals surface area contributed by atoms with Crippen LogP contribution in [0.3, 0.4) is 0 Å². The van der Waals surface area contributed by atoms with E-state index in [9.17, 15) is 4.79 Å². The summed E-state index contributed by atoms with van der Waals surface area (Å²) in [4.78, 5) is 11.7. The summed E-state index contributed by atoms with van der Waals surface area (Å²) in [5, 5.41) is 3.44. The van der Waals surface area contributed by atoms with Crippen molar-refractivity contribution in [2.75, 3.05) is 0 Å². The van der Waals surface area contributed by atoms with E-state index in [1.807, 2.05) is 31.2 Å². The number of carbonyl (C=O) groups is 1. The topological polar surface area (TPSA) is 55.1 Å². The van der Waals surface area contributed by atoms with Crippen LogP contribution in [0.4, 0.5) is 0 Å². The lowest BCUT2D eigenvalue weighted by molar-refractivity contribution is -0.120. The van der Waals surface area contributed by atoms with E-state index in [2.05, 4.69) is 5.32 Å². The van der Waals surface area contributed by atoms with Gasteiger partial charge in [-0.2, -0.15) is 0 Å². The number of primary amides is 1. The number of rotatable bonds is 4. The molecule has 0 aromatic heterocycles. The first-order valence-corrected chi connectivity index (χ1v) is 6.79. The number of hydrogen-bond donors (Lipinski definition) is 2. The average Bonchev–Trinajstić information content (AvgIpc) is 2.38. The summed E-state index contributed by atoms with van der Waals surface area (Å²) in [5.41, 5.74) is 7.68. The zero-order valence-corrected chi connectivity index (χ0v) is 11.0. The Kier molecular flexibility index (Phi) is 4.37. The Morgan fingerprint density at radius 3 is 2.56 bits per heavy atom. The van der Waals surface area contributed by atoms with Crippen LogP contribution in [0.2, 0.25) is 0 Å². The van der Waals surface area contributed by atoms with Crippen LogP contribution in [0.25, 0.3) is 0 Å². The smallest absolute Gasteiger partial charge is 0.239 e. The molecule has 1 aliphatic rings. The number of nitrogens with one attached hydrogen (secondary N) is 1. The summed E-state index contributed by atoms with van der Waals surface area (Å²) in [6, 6.07) is 8.03. The summed E-state index contributed by atoms with van der Waals surface area (Å²) in [6.45, 7) is 2.02. The molecule has 1 atom stereocenters. The molecule has 98 valence electrons. The number of nitrogens with two attached hydrogens (primary N) is 1. The molecule has 0 radical (unpaired) electrons. The standard InChI is InChI=1S/C15H22N2O/c1-11-7-5-6-10-13(11)14(15(16)18)17-12-8-3-2-4-9-12/h5-7,10,12,14,17H,2-4,8-9H2,1H3,(H2,16,18). The maximum Gasteiger partial charge on any atom is 0.239 e. The summed E-state index contributed by atoms with van der Waals surface area (Å²) in [7, 11) is 0. The van der Waals surface area contributed by atoms with Gasteiger partial charge < -0.3 is 5.73 Å². The summed E-state index contributed by atoms with van der Waals surface area (Å²) in [5.74, 6) is -0.283. The van der Waals surface area contributed by atoms with Gasteiger partial charge in [0.2, 0.25) is 5.91 Å². The van der Waals surface area contributed by atoms with E-state index in [4.69, 9.17) is 5.73 Å². The van der Waals surface area contributed by atoms with Gasteiger partial charge in [-0.3, -0.25) is 10.1 Å². The molecule has 1 aromatic rings. The minimum absolute atomic E-state index is 0.283. The third-order valence-corrected chi connectivity index (χ3v) is 3.79. The molecule has 3 nitrogen and oxygen atoms in total. The summed E-state index contributed by atoms with van der Waals surface area (Å²) >= 11 is 0. The van der Waals surface area contributed by atoms with E-state index in [0.717, 1.165) is 24.0 Å². The van der Waals surface area contributed by atoms with Crippen molar-refractivity contribution in [3.63, 3.8) is 0 Å². The van der Waals surface area contributed by atoms with Crippen molar-refractivity contribution in [3.8, 4) is 0 Å². The van der Waals surface area contributed by atoms with Crippen molar-refractivity contribution in [1.29, 1.82) is 0 Å². The monoisotopic (exact) mass is 246 g/mol. The number of aryl methyl sites for hydroxylation is 1. The molecule has 18 heavy (non-hydrogen) atoms. The molecule has 0 heterocycles. The van der Waals surface area contributed by atoms with Crippen LogP contribution in [0, 0.1) is 6.92 Å². The number of benzene rings is 1. The molecule has 3 N–H and O–H groups in total. The molecule has 1 aliphatic carbocycles. The number of carbonyl (C=O) groups excluding carboxylic acids is 1. The minimum Gasteiger partial charge on any atom is -0.368 e. The van der Waals surface area contributed by atoms with Crippen LogP contribution in [-0.4, -0.2) is 11.9 Å². The van der Waals surface area contributed by atoms with Crippen LogP contribution < -0.4 is 11.1 Å². The molecule has 1 amide bonds. The Balaban J connectivity index is 2.13. The summed E-state index contributed by atoms with van der Waals surface area (Å²) in [6.07, 6.45) is 6.10. The Hall–Kier alpha value is -1.35. The molecule has 2 rings (SSSR count). The quantitative estimate of drug-likeness (QED) is 0.857. The van der Waals surface area contributed by atoms with E-state index in [1.165, 1.54) is 19.3 Å². The maximum atomic E-state index is 11.7. The lowest BCUT2D eigenvalue weighted by Crippen LogP contribution is -2.41. The second-order valence-electron chi connectivity index (χ2n) is 5.19. The van der Waals surface area contributed by atoms with Crippen molar-refractivity contribution in [2.45, 2.75) is 51.1 Å².